The summed E-state index contributed by atoms with van der Waals surface area (Å²) in [5.74, 6) is 1.37. The van der Waals surface area contributed by atoms with E-state index in [9.17, 15) is 4.39 Å². The van der Waals surface area contributed by atoms with Crippen LogP contribution in [0.2, 0.25) is 0 Å². The molecule has 1 saturated heterocycles. The number of benzene rings is 2. The third kappa shape index (κ3) is 3.88. The summed E-state index contributed by atoms with van der Waals surface area (Å²) in [5.41, 5.74) is 4.63. The van der Waals surface area contributed by atoms with Crippen molar-refractivity contribution in [2.45, 2.75) is 32.2 Å². The molecule has 0 aliphatic carbocycles. The molecule has 0 spiro atoms. The van der Waals surface area contributed by atoms with Gasteiger partial charge in [0.2, 0.25) is 0 Å². The third-order valence-corrected chi connectivity index (χ3v) is 6.46. The Labute approximate surface area is 192 Å². The van der Waals surface area contributed by atoms with Gasteiger partial charge in [-0.1, -0.05) is 23.4 Å². The number of aromatic nitrogens is 2. The molecule has 3 heterocycles. The topological polar surface area (TPSA) is 51.9 Å². The van der Waals surface area contributed by atoms with Crippen LogP contribution in [0, 0.1) is 12.7 Å². The van der Waals surface area contributed by atoms with Crippen LogP contribution in [0.15, 0.2) is 65.7 Å². The van der Waals surface area contributed by atoms with Crippen LogP contribution in [0.4, 0.5) is 4.39 Å². The third-order valence-electron chi connectivity index (χ3n) is 6.46. The van der Waals surface area contributed by atoms with Crippen molar-refractivity contribution in [2.75, 3.05) is 20.3 Å². The Morgan fingerprint density at radius 3 is 2.73 bits per heavy atom. The molecule has 1 atom stereocenters. The zero-order valence-electron chi connectivity index (χ0n) is 19.1. The second-order valence-electron chi connectivity index (χ2n) is 8.75. The molecule has 0 bridgehead atoms. The zero-order valence-corrected chi connectivity index (χ0v) is 19.1. The molecule has 0 amide bonds. The molecule has 0 saturated carbocycles. The highest BCUT2D eigenvalue weighted by molar-refractivity contribution is 6.03. The fourth-order valence-corrected chi connectivity index (χ4v) is 4.64. The van der Waals surface area contributed by atoms with E-state index in [1.54, 1.807) is 13.4 Å². The summed E-state index contributed by atoms with van der Waals surface area (Å²) in [5, 5.41) is 4.43. The number of rotatable bonds is 4. The van der Waals surface area contributed by atoms with E-state index in [1.807, 2.05) is 42.0 Å². The van der Waals surface area contributed by atoms with E-state index in [4.69, 9.17) is 9.57 Å². The van der Waals surface area contributed by atoms with E-state index < -0.39 is 5.54 Å². The van der Waals surface area contributed by atoms with Crippen molar-refractivity contribution < 1.29 is 14.0 Å². The van der Waals surface area contributed by atoms with E-state index in [2.05, 4.69) is 34.1 Å². The van der Waals surface area contributed by atoms with Crippen molar-refractivity contribution in [3.63, 3.8) is 0 Å². The minimum atomic E-state index is -0.412. The molecule has 5 rings (SSSR count). The zero-order chi connectivity index (χ0) is 23.0. The van der Waals surface area contributed by atoms with Crippen molar-refractivity contribution >= 4 is 11.9 Å². The Balaban J connectivity index is 1.48. The molecule has 7 heteroatoms. The number of oxime groups is 1. The van der Waals surface area contributed by atoms with E-state index in [-0.39, 0.29) is 5.82 Å². The first-order chi connectivity index (χ1) is 16.0. The molecule has 2 aliphatic rings. The van der Waals surface area contributed by atoms with Gasteiger partial charge in [-0.25, -0.2) is 9.37 Å². The quantitative estimate of drug-likeness (QED) is 0.562. The maximum atomic E-state index is 13.5. The first-order valence-corrected chi connectivity index (χ1v) is 11.1. The first kappa shape index (κ1) is 21.2. The summed E-state index contributed by atoms with van der Waals surface area (Å²) in [6.07, 6.45) is 7.82. The van der Waals surface area contributed by atoms with Crippen molar-refractivity contribution in [2.24, 2.45) is 5.16 Å². The number of hydrogen-bond acceptors (Lipinski definition) is 5. The van der Waals surface area contributed by atoms with Gasteiger partial charge >= 0.3 is 0 Å². The van der Waals surface area contributed by atoms with Gasteiger partial charge in [0.15, 0.2) is 5.84 Å². The molecule has 3 aromatic rings. The van der Waals surface area contributed by atoms with Gasteiger partial charge in [-0.2, -0.15) is 0 Å². The lowest BCUT2D eigenvalue weighted by Crippen LogP contribution is -2.55. The van der Waals surface area contributed by atoms with Gasteiger partial charge in [0.05, 0.1) is 24.8 Å². The van der Waals surface area contributed by atoms with Gasteiger partial charge in [0, 0.05) is 12.7 Å². The van der Waals surface area contributed by atoms with Crippen molar-refractivity contribution in [3.05, 3.63) is 83.2 Å². The van der Waals surface area contributed by atoms with Crippen molar-refractivity contribution in [1.82, 2.24) is 14.5 Å². The maximum absolute atomic E-state index is 13.5. The summed E-state index contributed by atoms with van der Waals surface area (Å²) in [7, 11) is 1.68. The molecule has 0 unspecified atom stereocenters. The summed E-state index contributed by atoms with van der Waals surface area (Å²) in [6, 6.07) is 12.8. The molecular formula is C26H27FN4O2. The molecular weight excluding hydrogens is 419 g/mol. The number of fused-ring (bicyclic) bond motifs is 1. The van der Waals surface area contributed by atoms with E-state index in [0.717, 1.165) is 59.1 Å². The Morgan fingerprint density at radius 1 is 1.18 bits per heavy atom. The fraction of sp³-hybridized carbons (Fsp3) is 0.308. The number of nitrogens with zero attached hydrogens (tertiary/aromatic N) is 4. The van der Waals surface area contributed by atoms with E-state index >= 15 is 0 Å². The van der Waals surface area contributed by atoms with Crippen LogP contribution in [0.5, 0.6) is 5.75 Å². The molecule has 0 radical (unpaired) electrons. The SMILES string of the molecule is COc1cc(/C=C2\CCCN3C2=NOC[C@]3(C)c2ccc(F)cc2)ccc1-n1cnc(C)c1. The predicted molar refractivity (Wildman–Crippen MR) is 126 cm³/mol. The summed E-state index contributed by atoms with van der Waals surface area (Å²) in [6.45, 7) is 5.38. The Morgan fingerprint density at radius 2 is 2.00 bits per heavy atom. The van der Waals surface area contributed by atoms with Crippen molar-refractivity contribution in [3.8, 4) is 11.4 Å². The number of amidine groups is 1. The molecule has 33 heavy (non-hydrogen) atoms. The van der Waals surface area contributed by atoms with Gasteiger partial charge in [-0.15, -0.1) is 0 Å². The number of imidazole rings is 1. The minimum Gasteiger partial charge on any atom is -0.495 e. The van der Waals surface area contributed by atoms with E-state index in [1.165, 1.54) is 12.1 Å². The lowest BCUT2D eigenvalue weighted by molar-refractivity contribution is 0.00241. The molecule has 6 nitrogen and oxygen atoms in total. The van der Waals surface area contributed by atoms with Gasteiger partial charge in [0.25, 0.3) is 0 Å². The average molecular weight is 447 g/mol. The van der Waals surface area contributed by atoms with Crippen LogP contribution < -0.4 is 4.74 Å². The van der Waals surface area contributed by atoms with Gasteiger partial charge in [-0.3, -0.25) is 0 Å². The minimum absolute atomic E-state index is 0.240. The smallest absolute Gasteiger partial charge is 0.172 e. The molecule has 170 valence electrons. The highest BCUT2D eigenvalue weighted by atomic mass is 19.1. The number of ether oxygens (including phenoxy) is 1. The summed E-state index contributed by atoms with van der Waals surface area (Å²) >= 11 is 0. The predicted octanol–water partition coefficient (Wildman–Crippen LogP) is 5.07. The Bertz CT molecular complexity index is 1230. The molecule has 1 fully saturated rings. The fourth-order valence-electron chi connectivity index (χ4n) is 4.64. The number of aryl methyl sites for hydroxylation is 1. The lowest BCUT2D eigenvalue weighted by atomic mass is 9.86. The van der Waals surface area contributed by atoms with Crippen LogP contribution in [0.25, 0.3) is 11.8 Å². The van der Waals surface area contributed by atoms with Gasteiger partial charge in [-0.05, 0) is 73.7 Å². The van der Waals surface area contributed by atoms with Crippen LogP contribution in [0.1, 0.15) is 36.6 Å². The number of halogens is 1. The number of methoxy groups -OCH3 is 1. The number of piperidine rings is 1. The standard InChI is InChI=1S/C26H27FN4O2/c1-18-15-30(17-28-18)23-11-6-19(14-24(23)32-3)13-20-5-4-12-31-25(20)29-33-16-26(31,2)21-7-9-22(27)10-8-21/h6-11,13-15,17H,4-5,12,16H2,1-3H3/b20-13+/t26-/m1/s1. The molecule has 2 aliphatic heterocycles. The van der Waals surface area contributed by atoms with Gasteiger partial charge < -0.3 is 19.0 Å². The normalized spacial score (nSPS) is 21.4. The first-order valence-electron chi connectivity index (χ1n) is 11.1. The van der Waals surface area contributed by atoms with Gasteiger partial charge in [0.1, 0.15) is 23.7 Å². The second kappa shape index (κ2) is 8.39. The van der Waals surface area contributed by atoms with Crippen LogP contribution >= 0.6 is 0 Å². The largest absolute Gasteiger partial charge is 0.495 e. The summed E-state index contributed by atoms with van der Waals surface area (Å²) in [4.78, 5) is 12.3. The highest BCUT2D eigenvalue weighted by Crippen LogP contribution is 2.37. The van der Waals surface area contributed by atoms with E-state index in [0.29, 0.717) is 6.61 Å². The van der Waals surface area contributed by atoms with Crippen molar-refractivity contribution in [1.29, 1.82) is 0 Å². The van der Waals surface area contributed by atoms with Crippen LogP contribution in [0.3, 0.4) is 0 Å². The van der Waals surface area contributed by atoms with Crippen LogP contribution in [-0.4, -0.2) is 40.5 Å². The molecule has 0 N–H and O–H groups in total. The number of hydrogen-bond donors (Lipinski definition) is 0. The second-order valence-corrected chi connectivity index (χ2v) is 8.75. The van der Waals surface area contributed by atoms with Crippen LogP contribution in [-0.2, 0) is 10.4 Å². The summed E-state index contributed by atoms with van der Waals surface area (Å²) < 4.78 is 21.2. The maximum Gasteiger partial charge on any atom is 0.172 e. The Kier molecular flexibility index (Phi) is 5.40. The highest BCUT2D eigenvalue weighted by Gasteiger charge is 2.42. The average Bonchev–Trinajstić information content (AvgIpc) is 3.26. The monoisotopic (exact) mass is 446 g/mol. The lowest BCUT2D eigenvalue weighted by Gasteiger charge is -2.47. The Hall–Kier alpha value is -3.61. The molecule has 1 aromatic heterocycles. The molecule has 2 aromatic carbocycles.